The predicted octanol–water partition coefficient (Wildman–Crippen LogP) is 2.89. The molecule has 0 bridgehead atoms. The highest BCUT2D eigenvalue weighted by Gasteiger charge is 1.87. The molecule has 2 N–H and O–H groups in total. The highest BCUT2D eigenvalue weighted by atomic mass is 16.1. The van der Waals surface area contributed by atoms with Crippen molar-refractivity contribution in [3.63, 3.8) is 0 Å². The van der Waals surface area contributed by atoms with Crippen LogP contribution in [-0.4, -0.2) is 5.91 Å². The monoisotopic (exact) mass is 213 g/mol. The largest absolute Gasteiger partial charge is 0.366 e. The van der Waals surface area contributed by atoms with E-state index in [-0.39, 0.29) is 0 Å². The fraction of sp³-hybridized carbons (Fsp3) is 0.0714. The first kappa shape index (κ1) is 12.0. The van der Waals surface area contributed by atoms with Crippen LogP contribution in [0, 0.1) is 0 Å². The minimum Gasteiger partial charge on any atom is -0.366 e. The van der Waals surface area contributed by atoms with Crippen LogP contribution in [0.4, 0.5) is 0 Å². The first-order valence-electron chi connectivity index (χ1n) is 5.00. The molecule has 2 aromatic rings. The van der Waals surface area contributed by atoms with Crippen molar-refractivity contribution in [1.82, 2.24) is 0 Å². The van der Waals surface area contributed by atoms with E-state index in [9.17, 15) is 4.79 Å². The Labute approximate surface area is 95.4 Å². The van der Waals surface area contributed by atoms with Crippen LogP contribution in [-0.2, 0) is 4.79 Å². The molecule has 0 aliphatic rings. The fourth-order valence-corrected chi connectivity index (χ4v) is 1.13. The summed E-state index contributed by atoms with van der Waals surface area (Å²) in [5.41, 5.74) is 5.09. The van der Waals surface area contributed by atoms with Gasteiger partial charge in [0.2, 0.25) is 5.91 Å². The van der Waals surface area contributed by atoms with E-state index in [1.54, 1.807) is 6.92 Å². The number of primary amides is 1. The summed E-state index contributed by atoms with van der Waals surface area (Å²) in [5.74, 6) is -0.435. The zero-order valence-electron chi connectivity index (χ0n) is 9.31. The molecule has 2 rings (SSSR count). The second-order valence-corrected chi connectivity index (χ2v) is 3.49. The highest BCUT2D eigenvalue weighted by molar-refractivity contribution is 5.90. The van der Waals surface area contributed by atoms with Gasteiger partial charge in [0, 0.05) is 5.57 Å². The summed E-state index contributed by atoms with van der Waals surface area (Å²) < 4.78 is 0. The standard InChI is InChI=1S/C10H8.C4H7NO/c1-2-6-10-8-4-3-7-9(10)5-1;1-3(2)4(5)6/h1-8H;1H2,2H3,(H2,5,6). The van der Waals surface area contributed by atoms with Crippen LogP contribution in [0.15, 0.2) is 60.7 Å². The molecule has 0 atom stereocenters. The molecule has 0 saturated carbocycles. The molecule has 2 heteroatoms. The lowest BCUT2D eigenvalue weighted by atomic mass is 10.1. The second-order valence-electron chi connectivity index (χ2n) is 3.49. The van der Waals surface area contributed by atoms with Crippen molar-refractivity contribution in [3.8, 4) is 0 Å². The molecule has 0 aliphatic carbocycles. The second kappa shape index (κ2) is 5.71. The predicted molar refractivity (Wildman–Crippen MR) is 68.0 cm³/mol. The number of amides is 1. The van der Waals surface area contributed by atoms with Gasteiger partial charge in [0.15, 0.2) is 0 Å². The summed E-state index contributed by atoms with van der Waals surface area (Å²) in [6.07, 6.45) is 0. The number of fused-ring (bicyclic) bond motifs is 1. The Morgan fingerprint density at radius 2 is 1.25 bits per heavy atom. The Hall–Kier alpha value is -2.09. The summed E-state index contributed by atoms with van der Waals surface area (Å²) >= 11 is 0. The van der Waals surface area contributed by atoms with Crippen LogP contribution < -0.4 is 5.73 Å². The van der Waals surface area contributed by atoms with Crippen molar-refractivity contribution in [2.24, 2.45) is 5.73 Å². The number of carbonyl (C=O) groups excluding carboxylic acids is 1. The lowest BCUT2D eigenvalue weighted by molar-refractivity contribution is -0.114. The molecule has 82 valence electrons. The van der Waals surface area contributed by atoms with E-state index < -0.39 is 5.91 Å². The normalized spacial score (nSPS) is 9.06. The van der Waals surface area contributed by atoms with Gasteiger partial charge in [0.05, 0.1) is 0 Å². The average Bonchev–Trinajstić information content (AvgIpc) is 2.30. The third kappa shape index (κ3) is 3.58. The van der Waals surface area contributed by atoms with Crippen molar-refractivity contribution in [2.45, 2.75) is 6.92 Å². The topological polar surface area (TPSA) is 43.1 Å². The molecular weight excluding hydrogens is 198 g/mol. The van der Waals surface area contributed by atoms with Gasteiger partial charge in [-0.2, -0.15) is 0 Å². The van der Waals surface area contributed by atoms with E-state index in [1.807, 2.05) is 0 Å². The van der Waals surface area contributed by atoms with Crippen molar-refractivity contribution in [3.05, 3.63) is 60.7 Å². The lowest BCUT2D eigenvalue weighted by Gasteiger charge is -1.92. The van der Waals surface area contributed by atoms with E-state index in [0.29, 0.717) is 5.57 Å². The number of hydrogen-bond donors (Lipinski definition) is 1. The van der Waals surface area contributed by atoms with Gasteiger partial charge in [0.25, 0.3) is 0 Å². The molecule has 0 saturated heterocycles. The summed E-state index contributed by atoms with van der Waals surface area (Å²) in [7, 11) is 0. The average molecular weight is 213 g/mol. The van der Waals surface area contributed by atoms with Gasteiger partial charge >= 0.3 is 0 Å². The minimum atomic E-state index is -0.435. The van der Waals surface area contributed by atoms with Gasteiger partial charge < -0.3 is 5.73 Å². The number of nitrogens with two attached hydrogens (primary N) is 1. The molecule has 0 aliphatic heterocycles. The van der Waals surface area contributed by atoms with Crippen molar-refractivity contribution in [1.29, 1.82) is 0 Å². The minimum absolute atomic E-state index is 0.398. The van der Waals surface area contributed by atoms with E-state index in [1.165, 1.54) is 10.8 Å². The summed E-state index contributed by atoms with van der Waals surface area (Å²) in [5, 5.41) is 2.62. The number of rotatable bonds is 1. The molecule has 0 unspecified atom stereocenters. The molecule has 0 radical (unpaired) electrons. The number of benzene rings is 2. The van der Waals surface area contributed by atoms with E-state index >= 15 is 0 Å². The maximum Gasteiger partial charge on any atom is 0.243 e. The molecule has 0 spiro atoms. The number of carbonyl (C=O) groups is 1. The third-order valence-electron chi connectivity index (χ3n) is 2.08. The van der Waals surface area contributed by atoms with Crippen molar-refractivity contribution < 1.29 is 4.79 Å². The van der Waals surface area contributed by atoms with Crippen molar-refractivity contribution in [2.75, 3.05) is 0 Å². The van der Waals surface area contributed by atoms with Gasteiger partial charge in [-0.3, -0.25) is 4.79 Å². The molecule has 0 aromatic heterocycles. The lowest BCUT2D eigenvalue weighted by Crippen LogP contribution is -2.10. The van der Waals surface area contributed by atoms with Crippen LogP contribution in [0.5, 0.6) is 0 Å². The highest BCUT2D eigenvalue weighted by Crippen LogP contribution is 2.11. The van der Waals surface area contributed by atoms with E-state index in [4.69, 9.17) is 5.73 Å². The molecule has 1 amide bonds. The van der Waals surface area contributed by atoms with E-state index in [0.717, 1.165) is 0 Å². The first-order chi connectivity index (χ1) is 7.61. The Balaban J connectivity index is 0.000000187. The van der Waals surface area contributed by atoms with Crippen LogP contribution in [0.3, 0.4) is 0 Å². The smallest absolute Gasteiger partial charge is 0.243 e. The molecule has 2 nitrogen and oxygen atoms in total. The number of hydrogen-bond acceptors (Lipinski definition) is 1. The van der Waals surface area contributed by atoms with Crippen LogP contribution in [0.2, 0.25) is 0 Å². The molecular formula is C14H15NO. The summed E-state index contributed by atoms with van der Waals surface area (Å²) in [6, 6.07) is 16.7. The van der Waals surface area contributed by atoms with Crippen molar-refractivity contribution >= 4 is 16.7 Å². The molecule has 2 aromatic carbocycles. The van der Waals surface area contributed by atoms with Gasteiger partial charge in [-0.15, -0.1) is 0 Å². The van der Waals surface area contributed by atoms with Crippen LogP contribution >= 0.6 is 0 Å². The Bertz CT molecular complexity index is 425. The first-order valence-corrected chi connectivity index (χ1v) is 5.00. The Morgan fingerprint density at radius 3 is 1.44 bits per heavy atom. The fourth-order valence-electron chi connectivity index (χ4n) is 1.13. The SMILES string of the molecule is C=C(C)C(N)=O.c1ccc2ccccc2c1. The van der Waals surface area contributed by atoms with E-state index in [2.05, 4.69) is 55.1 Å². The van der Waals surface area contributed by atoms with Gasteiger partial charge in [-0.25, -0.2) is 0 Å². The zero-order valence-corrected chi connectivity index (χ0v) is 9.31. The van der Waals surface area contributed by atoms with Gasteiger partial charge in [-0.1, -0.05) is 55.1 Å². The van der Waals surface area contributed by atoms with Gasteiger partial charge in [-0.05, 0) is 17.7 Å². The maximum absolute atomic E-state index is 9.82. The molecule has 16 heavy (non-hydrogen) atoms. The quantitative estimate of drug-likeness (QED) is 0.727. The third-order valence-corrected chi connectivity index (χ3v) is 2.08. The van der Waals surface area contributed by atoms with Crippen LogP contribution in [0.25, 0.3) is 10.8 Å². The summed E-state index contributed by atoms with van der Waals surface area (Å²) in [6.45, 7) is 4.85. The zero-order chi connectivity index (χ0) is 12.0. The Morgan fingerprint density at radius 1 is 1.00 bits per heavy atom. The molecule has 0 fully saturated rings. The van der Waals surface area contributed by atoms with Crippen LogP contribution in [0.1, 0.15) is 6.92 Å². The maximum atomic E-state index is 9.82. The Kier molecular flexibility index (Phi) is 4.28. The van der Waals surface area contributed by atoms with Gasteiger partial charge in [0.1, 0.15) is 0 Å². The molecule has 0 heterocycles. The summed E-state index contributed by atoms with van der Waals surface area (Å²) in [4.78, 5) is 9.82.